The summed E-state index contributed by atoms with van der Waals surface area (Å²) in [5.74, 6) is 4.48. The third-order valence-corrected chi connectivity index (χ3v) is 11.5. The first-order chi connectivity index (χ1) is 20.4. The molecule has 0 heterocycles. The second-order valence-electron chi connectivity index (χ2n) is 15.5. The van der Waals surface area contributed by atoms with E-state index in [1.165, 1.54) is 67.7 Å². The molecule has 5 aliphatic rings. The van der Waals surface area contributed by atoms with E-state index in [1.54, 1.807) is 11.1 Å². The first kappa shape index (κ1) is 30.1. The lowest BCUT2D eigenvalue weighted by atomic mass is 9.51. The maximum Gasteiger partial charge on any atom is 0.221 e. The number of hydrogen-bond acceptors (Lipinski definition) is 2. The molecule has 1 N–H and O–H groups in total. The molecule has 5 atom stereocenters. The van der Waals surface area contributed by atoms with Crippen molar-refractivity contribution in [3.63, 3.8) is 0 Å². The van der Waals surface area contributed by atoms with Crippen LogP contribution in [0.3, 0.4) is 0 Å². The molecule has 0 radical (unpaired) electrons. The number of rotatable bonds is 3. The number of hydrogen-bond donors (Lipinski definition) is 1. The third kappa shape index (κ3) is 6.06. The molecule has 0 bridgehead atoms. The van der Waals surface area contributed by atoms with Gasteiger partial charge in [0.05, 0.1) is 0 Å². The van der Waals surface area contributed by atoms with E-state index in [2.05, 4.69) is 64.2 Å². The van der Waals surface area contributed by atoms with Crippen LogP contribution in [0.2, 0.25) is 0 Å². The molecule has 7 rings (SSSR count). The van der Waals surface area contributed by atoms with E-state index in [0.717, 1.165) is 48.6 Å². The van der Waals surface area contributed by atoms with Crippen LogP contribution >= 0.6 is 0 Å². The maximum absolute atomic E-state index is 12.1. The van der Waals surface area contributed by atoms with Crippen molar-refractivity contribution in [3.05, 3.63) is 88.0 Å². The number of anilines is 1. The van der Waals surface area contributed by atoms with Gasteiger partial charge in [0.25, 0.3) is 0 Å². The molecule has 0 aromatic heterocycles. The Morgan fingerprint density at radius 1 is 0.860 bits per heavy atom. The van der Waals surface area contributed by atoms with Gasteiger partial charge in [0.15, 0.2) is 5.78 Å². The van der Waals surface area contributed by atoms with Gasteiger partial charge >= 0.3 is 0 Å². The van der Waals surface area contributed by atoms with Gasteiger partial charge < -0.3 is 5.32 Å². The average molecular weight is 578 g/mol. The van der Waals surface area contributed by atoms with Gasteiger partial charge in [-0.2, -0.15) is 0 Å². The Kier molecular flexibility index (Phi) is 8.07. The number of fused-ring (bicyclic) bond motifs is 4. The lowest BCUT2D eigenvalue weighted by molar-refractivity contribution is -0.115. The number of nitrogens with one attached hydrogen (secondary N) is 1. The largest absolute Gasteiger partial charge is 0.326 e. The van der Waals surface area contributed by atoms with Gasteiger partial charge in [0, 0.05) is 24.9 Å². The van der Waals surface area contributed by atoms with Crippen molar-refractivity contribution in [1.82, 2.24) is 0 Å². The standard InChI is InChI=1S/C28H34O.C12H17NO/c1-17-3-5-18(6-4-17)24-16-28(2)25(19-7-8-19)13-14-26(28)23-11-9-20-15-21(29)10-12-22(20)27(23)24;1-9(14)13-11-7-5-10(6-8-11)12(2,3)4/h3-6,15,19,23-26H,7-14,16H2,1-2H3;5-8H,1-4H3,(H,13,14). The number of amides is 1. The molecule has 2 aromatic rings. The lowest BCUT2D eigenvalue weighted by Gasteiger charge is -2.53. The highest BCUT2D eigenvalue weighted by Crippen LogP contribution is 2.68. The molecule has 1 amide bonds. The Balaban J connectivity index is 0.000000200. The molecule has 2 aromatic carbocycles. The van der Waals surface area contributed by atoms with Gasteiger partial charge in [-0.1, -0.05) is 75.2 Å². The van der Waals surface area contributed by atoms with Crippen molar-refractivity contribution in [1.29, 1.82) is 0 Å². The van der Waals surface area contributed by atoms with Crippen LogP contribution in [-0.4, -0.2) is 11.7 Å². The molecule has 0 aliphatic heterocycles. The molecule has 3 saturated carbocycles. The topological polar surface area (TPSA) is 46.2 Å². The molecular formula is C40H51NO2. The number of aryl methyl sites for hydroxylation is 1. The summed E-state index contributed by atoms with van der Waals surface area (Å²) in [6.07, 6.45) is 13.3. The SMILES string of the molecule is CC(=O)Nc1ccc(C(C)(C)C)cc1.Cc1ccc(C2CC3(C)C(C4CC4)CCC3C3CCC4=CC(=O)CCC4=C23)cc1. The van der Waals surface area contributed by atoms with Crippen LogP contribution < -0.4 is 5.32 Å². The minimum Gasteiger partial charge on any atom is -0.326 e. The summed E-state index contributed by atoms with van der Waals surface area (Å²) in [5.41, 5.74) is 10.4. The van der Waals surface area contributed by atoms with Gasteiger partial charge in [-0.25, -0.2) is 0 Å². The fourth-order valence-electron chi connectivity index (χ4n) is 9.32. The monoisotopic (exact) mass is 577 g/mol. The number of carbonyl (C=O) groups is 2. The molecular weight excluding hydrogens is 526 g/mol. The summed E-state index contributed by atoms with van der Waals surface area (Å²) >= 11 is 0. The summed E-state index contributed by atoms with van der Waals surface area (Å²) in [4.78, 5) is 22.9. The molecule has 3 fully saturated rings. The highest BCUT2D eigenvalue weighted by atomic mass is 16.1. The Bertz CT molecular complexity index is 1430. The predicted molar refractivity (Wildman–Crippen MR) is 177 cm³/mol. The van der Waals surface area contributed by atoms with Crippen LogP contribution in [-0.2, 0) is 15.0 Å². The van der Waals surface area contributed by atoms with Crippen LogP contribution in [0, 0.1) is 36.0 Å². The molecule has 228 valence electrons. The van der Waals surface area contributed by atoms with Crippen molar-refractivity contribution in [3.8, 4) is 0 Å². The van der Waals surface area contributed by atoms with E-state index in [-0.39, 0.29) is 11.3 Å². The first-order valence-corrected chi connectivity index (χ1v) is 16.9. The minimum atomic E-state index is -0.0338. The first-order valence-electron chi connectivity index (χ1n) is 16.9. The molecule has 5 aliphatic carbocycles. The Labute approximate surface area is 259 Å². The fourth-order valence-corrected chi connectivity index (χ4v) is 9.32. The maximum atomic E-state index is 12.1. The van der Waals surface area contributed by atoms with Crippen molar-refractivity contribution < 1.29 is 9.59 Å². The average Bonchev–Trinajstić information content (AvgIpc) is 3.73. The van der Waals surface area contributed by atoms with E-state index in [0.29, 0.717) is 17.1 Å². The molecule has 0 saturated heterocycles. The van der Waals surface area contributed by atoms with Crippen LogP contribution in [0.1, 0.15) is 115 Å². The normalized spacial score (nSPS) is 29.9. The van der Waals surface area contributed by atoms with Gasteiger partial charge in [0.1, 0.15) is 0 Å². The fraction of sp³-hybridized carbons (Fsp3) is 0.550. The number of ketones is 1. The van der Waals surface area contributed by atoms with Gasteiger partial charge in [-0.3, -0.25) is 9.59 Å². The number of allylic oxidation sites excluding steroid dienone is 4. The van der Waals surface area contributed by atoms with E-state index in [4.69, 9.17) is 0 Å². The Morgan fingerprint density at radius 2 is 1.53 bits per heavy atom. The van der Waals surface area contributed by atoms with E-state index in [9.17, 15) is 9.59 Å². The minimum absolute atomic E-state index is 0.0338. The second kappa shape index (κ2) is 11.5. The zero-order valence-electron chi connectivity index (χ0n) is 27.3. The van der Waals surface area contributed by atoms with Gasteiger partial charge in [0.2, 0.25) is 5.91 Å². The summed E-state index contributed by atoms with van der Waals surface area (Å²) in [5, 5.41) is 2.74. The van der Waals surface area contributed by atoms with Gasteiger partial charge in [-0.15, -0.1) is 0 Å². The van der Waals surface area contributed by atoms with Gasteiger partial charge in [-0.05, 0) is 133 Å². The highest BCUT2D eigenvalue weighted by molar-refractivity contribution is 5.93. The van der Waals surface area contributed by atoms with Crippen LogP contribution in [0.5, 0.6) is 0 Å². The Morgan fingerprint density at radius 3 is 2.16 bits per heavy atom. The Hall–Kier alpha value is -2.94. The van der Waals surface area contributed by atoms with Crippen LogP contribution in [0.4, 0.5) is 5.69 Å². The summed E-state index contributed by atoms with van der Waals surface area (Å²) in [7, 11) is 0. The third-order valence-electron chi connectivity index (χ3n) is 11.5. The van der Waals surface area contributed by atoms with E-state index < -0.39 is 0 Å². The summed E-state index contributed by atoms with van der Waals surface area (Å²) < 4.78 is 0. The molecule has 0 spiro atoms. The van der Waals surface area contributed by atoms with E-state index in [1.807, 2.05) is 30.3 Å². The molecule has 5 unspecified atom stereocenters. The van der Waals surface area contributed by atoms with Crippen molar-refractivity contribution in [2.75, 3.05) is 5.32 Å². The summed E-state index contributed by atoms with van der Waals surface area (Å²) in [6.45, 7) is 12.9. The van der Waals surface area contributed by atoms with Crippen molar-refractivity contribution in [2.24, 2.45) is 29.1 Å². The van der Waals surface area contributed by atoms with E-state index >= 15 is 0 Å². The lowest BCUT2D eigenvalue weighted by Crippen LogP contribution is -2.43. The second-order valence-corrected chi connectivity index (χ2v) is 15.5. The number of benzene rings is 2. The predicted octanol–water partition coefficient (Wildman–Crippen LogP) is 9.86. The zero-order chi connectivity index (χ0) is 30.5. The van der Waals surface area contributed by atoms with Crippen LogP contribution in [0.15, 0.2) is 71.3 Å². The van der Waals surface area contributed by atoms with Crippen LogP contribution in [0.25, 0.3) is 0 Å². The molecule has 43 heavy (non-hydrogen) atoms. The quantitative estimate of drug-likeness (QED) is 0.395. The summed E-state index contributed by atoms with van der Waals surface area (Å²) in [6, 6.07) is 17.4. The number of carbonyl (C=O) groups excluding carboxylic acids is 2. The molecule has 3 heteroatoms. The highest BCUT2D eigenvalue weighted by Gasteiger charge is 2.59. The zero-order valence-corrected chi connectivity index (χ0v) is 27.3. The smallest absolute Gasteiger partial charge is 0.221 e. The molecule has 3 nitrogen and oxygen atoms in total. The van der Waals surface area contributed by atoms with Crippen molar-refractivity contribution >= 4 is 17.4 Å². The van der Waals surface area contributed by atoms with Crippen molar-refractivity contribution in [2.45, 2.75) is 111 Å².